The van der Waals surface area contributed by atoms with Crippen LogP contribution in [0.3, 0.4) is 0 Å². The number of nitrogen functional groups attached to an aromatic ring is 1. The number of rotatable bonds is 10. The van der Waals surface area contributed by atoms with E-state index in [1.165, 1.54) is 18.9 Å². The summed E-state index contributed by atoms with van der Waals surface area (Å²) in [5.41, 5.74) is 10.2. The molecule has 208 valence electrons. The van der Waals surface area contributed by atoms with E-state index in [9.17, 15) is 20.4 Å². The Labute approximate surface area is 241 Å². The number of oxazole rings is 1. The number of nitriles is 2. The highest BCUT2D eigenvalue weighted by Gasteiger charge is 2.22. The molecule has 0 saturated carbocycles. The van der Waals surface area contributed by atoms with Gasteiger partial charge >= 0.3 is 5.97 Å². The fourth-order valence-electron chi connectivity index (χ4n) is 4.14. The highest BCUT2D eigenvalue weighted by atomic mass is 32.2. The zero-order valence-electron chi connectivity index (χ0n) is 22.4. The lowest BCUT2D eigenvalue weighted by atomic mass is 9.95. The lowest BCUT2D eigenvalue weighted by molar-refractivity contribution is 0.0600. The molecule has 0 amide bonds. The van der Waals surface area contributed by atoms with Crippen LogP contribution >= 0.6 is 11.8 Å². The summed E-state index contributed by atoms with van der Waals surface area (Å²) in [6, 6.07) is 18.3. The Kier molecular flexibility index (Phi) is 9.37. The Hall–Kier alpha value is -4.68. The summed E-state index contributed by atoms with van der Waals surface area (Å²) >= 11 is 1.26. The third-order valence-corrected chi connectivity index (χ3v) is 7.41. The average Bonchev–Trinajstić information content (AvgIpc) is 3.38. The first-order valence-corrected chi connectivity index (χ1v) is 13.6. The van der Waals surface area contributed by atoms with Crippen molar-refractivity contribution in [3.8, 4) is 34.7 Å². The monoisotopic (exact) mass is 569 g/mol. The number of pyridine rings is 1. The minimum absolute atomic E-state index is 0.0161. The molecule has 0 aliphatic heterocycles. The minimum Gasteiger partial charge on any atom is -0.465 e. The van der Waals surface area contributed by atoms with Gasteiger partial charge in [-0.15, -0.1) is 0 Å². The van der Waals surface area contributed by atoms with E-state index in [2.05, 4.69) is 22.1 Å². The van der Waals surface area contributed by atoms with E-state index in [0.717, 1.165) is 5.56 Å². The van der Waals surface area contributed by atoms with Gasteiger partial charge < -0.3 is 25.1 Å². The number of nitrogens with zero attached hydrogens (tertiary/aromatic N) is 4. The molecule has 2 heterocycles. The van der Waals surface area contributed by atoms with Crippen LogP contribution in [0, 0.1) is 29.6 Å². The fourth-order valence-corrected chi connectivity index (χ4v) is 5.14. The van der Waals surface area contributed by atoms with E-state index < -0.39 is 12.1 Å². The molecule has 0 aliphatic rings. The van der Waals surface area contributed by atoms with Gasteiger partial charge in [0.25, 0.3) is 0 Å². The molecule has 4 N–H and O–H groups in total. The second kappa shape index (κ2) is 13.1. The van der Waals surface area contributed by atoms with E-state index >= 15 is 0 Å². The maximum atomic E-state index is 11.7. The topological polar surface area (TPSA) is 179 Å². The number of nitrogens with two attached hydrogens (primary N) is 1. The van der Waals surface area contributed by atoms with Crippen LogP contribution in [-0.4, -0.2) is 46.0 Å². The second-order valence-electron chi connectivity index (χ2n) is 9.10. The first kappa shape index (κ1) is 29.3. The Bertz CT molecular complexity index is 1640. The number of ether oxygens (including phenoxy) is 1. The number of aliphatic hydroxyl groups excluding tert-OH is 2. The van der Waals surface area contributed by atoms with Crippen molar-refractivity contribution in [2.45, 2.75) is 36.6 Å². The molecule has 41 heavy (non-hydrogen) atoms. The average molecular weight is 570 g/mol. The van der Waals surface area contributed by atoms with Crippen LogP contribution in [0.1, 0.15) is 44.9 Å². The number of carbonyl (C=O) groups excluding carboxylic acids is 1. The lowest BCUT2D eigenvalue weighted by Crippen LogP contribution is -2.12. The van der Waals surface area contributed by atoms with E-state index in [4.69, 9.17) is 20.0 Å². The molecule has 4 rings (SSSR count). The number of benzene rings is 2. The number of hydrogen-bond acceptors (Lipinski definition) is 11. The summed E-state index contributed by atoms with van der Waals surface area (Å²) in [7, 11) is 1.32. The molecule has 0 saturated heterocycles. The number of aliphatic hydroxyl groups is 2. The summed E-state index contributed by atoms with van der Waals surface area (Å²) in [5, 5.41) is 39.0. The number of aryl methyl sites for hydroxylation is 2. The summed E-state index contributed by atoms with van der Waals surface area (Å²) in [5.74, 6) is 0.880. The molecule has 0 spiro atoms. The molecule has 1 atom stereocenters. The van der Waals surface area contributed by atoms with E-state index in [-0.39, 0.29) is 23.6 Å². The molecular formula is C30H27N5O5S. The van der Waals surface area contributed by atoms with E-state index in [1.807, 2.05) is 12.1 Å². The second-order valence-corrected chi connectivity index (χ2v) is 10.1. The van der Waals surface area contributed by atoms with Crippen molar-refractivity contribution in [2.75, 3.05) is 19.5 Å². The molecule has 0 unspecified atom stereocenters. The van der Waals surface area contributed by atoms with Crippen LogP contribution in [-0.2, 0) is 16.9 Å². The van der Waals surface area contributed by atoms with Crippen molar-refractivity contribution in [3.05, 3.63) is 82.2 Å². The van der Waals surface area contributed by atoms with Crippen molar-refractivity contribution in [1.29, 1.82) is 10.5 Å². The quantitative estimate of drug-likeness (QED) is 0.182. The normalized spacial score (nSPS) is 11.5. The fraction of sp³-hybridized carbons (Fsp3) is 0.233. The van der Waals surface area contributed by atoms with Crippen molar-refractivity contribution < 1.29 is 24.2 Å². The van der Waals surface area contributed by atoms with Crippen molar-refractivity contribution in [2.24, 2.45) is 0 Å². The predicted octanol–water partition coefficient (Wildman–Crippen LogP) is 4.40. The van der Waals surface area contributed by atoms with Crippen LogP contribution in [0.2, 0.25) is 0 Å². The molecule has 2 aromatic heterocycles. The zero-order chi connectivity index (χ0) is 29.5. The van der Waals surface area contributed by atoms with Gasteiger partial charge in [0.1, 0.15) is 34.3 Å². The lowest BCUT2D eigenvalue weighted by Gasteiger charge is -2.13. The standard InChI is InChI=1S/C30H27N5O5S/c1-17-25(34-28(40-17)20-8-10-21(11-9-20)30(38)39-2)16-41-29-24(14-32)26(23(13-31)27(33)35-29)19-6-3-18(4-7-19)5-12-22(37)15-36/h3-4,6-11,22,36-37H,5,12,15-16H2,1-2H3,(H2,33,35)/t22-/m1/s1. The van der Waals surface area contributed by atoms with E-state index in [0.29, 0.717) is 63.2 Å². The zero-order valence-corrected chi connectivity index (χ0v) is 23.2. The summed E-state index contributed by atoms with van der Waals surface area (Å²) in [6.07, 6.45) is 0.182. The SMILES string of the molecule is COC(=O)c1ccc(-c2nc(CSc3nc(N)c(C#N)c(-c4ccc(CC[C@@H](O)CO)cc4)c3C#N)c(C)o2)cc1. The van der Waals surface area contributed by atoms with Crippen molar-refractivity contribution >= 4 is 23.5 Å². The number of aromatic nitrogens is 2. The Morgan fingerprint density at radius 2 is 1.73 bits per heavy atom. The van der Waals surface area contributed by atoms with E-state index in [1.54, 1.807) is 43.3 Å². The van der Waals surface area contributed by atoms with Gasteiger partial charge in [0.05, 0.1) is 36.6 Å². The van der Waals surface area contributed by atoms with Gasteiger partial charge in [-0.2, -0.15) is 10.5 Å². The first-order valence-electron chi connectivity index (χ1n) is 12.6. The molecule has 0 radical (unpaired) electrons. The predicted molar refractivity (Wildman–Crippen MR) is 153 cm³/mol. The number of esters is 1. The number of anilines is 1. The first-order chi connectivity index (χ1) is 19.8. The largest absolute Gasteiger partial charge is 0.465 e. The van der Waals surface area contributed by atoms with Crippen molar-refractivity contribution in [1.82, 2.24) is 9.97 Å². The maximum absolute atomic E-state index is 11.7. The molecule has 0 bridgehead atoms. The molecule has 2 aromatic carbocycles. The third-order valence-electron chi connectivity index (χ3n) is 6.43. The van der Waals surface area contributed by atoms with Crippen molar-refractivity contribution in [3.63, 3.8) is 0 Å². The number of carbonyl (C=O) groups is 1. The van der Waals surface area contributed by atoms with Crippen LogP contribution in [0.4, 0.5) is 5.82 Å². The molecule has 4 aromatic rings. The maximum Gasteiger partial charge on any atom is 0.337 e. The highest BCUT2D eigenvalue weighted by Crippen LogP contribution is 2.37. The van der Waals surface area contributed by atoms with Gasteiger partial charge in [0, 0.05) is 16.9 Å². The van der Waals surface area contributed by atoms with Gasteiger partial charge in [-0.25, -0.2) is 14.8 Å². The highest BCUT2D eigenvalue weighted by molar-refractivity contribution is 7.98. The van der Waals surface area contributed by atoms with Gasteiger partial charge in [-0.3, -0.25) is 0 Å². The Morgan fingerprint density at radius 3 is 2.34 bits per heavy atom. The number of methoxy groups -OCH3 is 1. The van der Waals surface area contributed by atoms with Crippen LogP contribution in [0.15, 0.2) is 58.0 Å². The molecule has 11 heteroatoms. The summed E-state index contributed by atoms with van der Waals surface area (Å²) < 4.78 is 10.6. The van der Waals surface area contributed by atoms with Gasteiger partial charge in [-0.1, -0.05) is 36.0 Å². The number of thioether (sulfide) groups is 1. The van der Waals surface area contributed by atoms with Gasteiger partial charge in [-0.05, 0) is 55.2 Å². The third kappa shape index (κ3) is 6.56. The molecule has 0 aliphatic carbocycles. The summed E-state index contributed by atoms with van der Waals surface area (Å²) in [4.78, 5) is 20.7. The Morgan fingerprint density at radius 1 is 1.07 bits per heavy atom. The summed E-state index contributed by atoms with van der Waals surface area (Å²) in [6.45, 7) is 1.48. The molecule has 10 nitrogen and oxygen atoms in total. The number of hydrogen-bond donors (Lipinski definition) is 3. The Balaban J connectivity index is 1.60. The smallest absolute Gasteiger partial charge is 0.337 e. The minimum atomic E-state index is -0.791. The van der Waals surface area contributed by atoms with Crippen LogP contribution < -0.4 is 5.73 Å². The molecule has 0 fully saturated rings. The van der Waals surface area contributed by atoms with Gasteiger partial charge in [0.2, 0.25) is 5.89 Å². The van der Waals surface area contributed by atoms with Crippen LogP contribution in [0.25, 0.3) is 22.6 Å². The van der Waals surface area contributed by atoms with Gasteiger partial charge in [0.15, 0.2) is 0 Å². The van der Waals surface area contributed by atoms with Crippen LogP contribution in [0.5, 0.6) is 0 Å². The molecular weight excluding hydrogens is 542 g/mol.